The van der Waals surface area contributed by atoms with Gasteiger partial charge in [0.1, 0.15) is 5.75 Å². The number of piperidine rings is 1. The van der Waals surface area contributed by atoms with Crippen molar-refractivity contribution in [1.29, 1.82) is 0 Å². The summed E-state index contributed by atoms with van der Waals surface area (Å²) >= 11 is 0. The summed E-state index contributed by atoms with van der Waals surface area (Å²) in [7, 11) is -3.73. The lowest BCUT2D eigenvalue weighted by atomic mass is 9.98. The second kappa shape index (κ2) is 9.78. The Bertz CT molecular complexity index is 751. The number of methoxy groups -OCH3 is 1. The maximum Gasteiger partial charge on any atom is 0.511 e. The molecule has 0 atom stereocenters. The second-order valence-electron chi connectivity index (χ2n) is 5.84. The van der Waals surface area contributed by atoms with E-state index < -0.39 is 15.5 Å². The van der Waals surface area contributed by atoms with Crippen molar-refractivity contribution < 1.29 is 26.3 Å². The summed E-state index contributed by atoms with van der Waals surface area (Å²) < 4.78 is 66.1. The van der Waals surface area contributed by atoms with Crippen LogP contribution >= 0.6 is 24.0 Å². The Balaban J connectivity index is 0.00000364. The zero-order chi connectivity index (χ0) is 19.4. The Hall–Kier alpha value is -1.28. The highest BCUT2D eigenvalue weighted by Crippen LogP contribution is 2.30. The molecule has 0 bridgehead atoms. The number of para-hydroxylation sites is 2. The van der Waals surface area contributed by atoms with Crippen LogP contribution in [0.2, 0.25) is 0 Å². The van der Waals surface area contributed by atoms with Gasteiger partial charge < -0.3 is 15.8 Å². The van der Waals surface area contributed by atoms with E-state index in [2.05, 4.69) is 10.3 Å². The van der Waals surface area contributed by atoms with E-state index in [1.165, 1.54) is 7.11 Å². The summed E-state index contributed by atoms with van der Waals surface area (Å²) in [5, 5.41) is 2.90. The summed E-state index contributed by atoms with van der Waals surface area (Å²) in [6.45, 7) is -0.0579. The molecular formula is C15H22F3IN4O3S. The van der Waals surface area contributed by atoms with Gasteiger partial charge >= 0.3 is 15.5 Å². The minimum atomic E-state index is -5.26. The van der Waals surface area contributed by atoms with Gasteiger partial charge in [0.25, 0.3) is 0 Å². The van der Waals surface area contributed by atoms with Crippen LogP contribution in [0, 0.1) is 5.92 Å². The van der Waals surface area contributed by atoms with Gasteiger partial charge in [0.2, 0.25) is 0 Å². The molecule has 27 heavy (non-hydrogen) atoms. The maximum atomic E-state index is 12.6. The van der Waals surface area contributed by atoms with Gasteiger partial charge in [-0.1, -0.05) is 12.1 Å². The van der Waals surface area contributed by atoms with E-state index in [0.29, 0.717) is 35.1 Å². The fourth-order valence-electron chi connectivity index (χ4n) is 2.63. The van der Waals surface area contributed by atoms with Crippen LogP contribution < -0.4 is 15.8 Å². The minimum Gasteiger partial charge on any atom is -0.495 e. The van der Waals surface area contributed by atoms with Gasteiger partial charge in [0, 0.05) is 19.6 Å². The largest absolute Gasteiger partial charge is 0.511 e. The smallest absolute Gasteiger partial charge is 0.495 e. The van der Waals surface area contributed by atoms with Gasteiger partial charge in [-0.25, -0.2) is 8.42 Å². The fourth-order valence-corrected chi connectivity index (χ4v) is 3.62. The molecule has 0 radical (unpaired) electrons. The number of hydrogen-bond donors (Lipinski definition) is 2. The van der Waals surface area contributed by atoms with Gasteiger partial charge in [-0.15, -0.1) is 24.0 Å². The van der Waals surface area contributed by atoms with E-state index in [1.54, 1.807) is 24.3 Å². The first-order valence-corrected chi connectivity index (χ1v) is 9.35. The Morgan fingerprint density at radius 3 is 2.48 bits per heavy atom. The fraction of sp³-hybridized carbons (Fsp3) is 0.533. The summed E-state index contributed by atoms with van der Waals surface area (Å²) in [5.41, 5.74) is 1.21. The Kier molecular flexibility index (Phi) is 8.60. The van der Waals surface area contributed by atoms with Crippen LogP contribution in [0.3, 0.4) is 0 Å². The van der Waals surface area contributed by atoms with Crippen LogP contribution in [0.1, 0.15) is 12.8 Å². The number of nitrogens with two attached hydrogens (primary N) is 1. The van der Waals surface area contributed by atoms with Crippen LogP contribution in [-0.4, -0.2) is 50.9 Å². The molecule has 0 spiro atoms. The molecule has 1 aliphatic rings. The normalized spacial score (nSPS) is 17.3. The SMILES string of the molecule is COc1ccccc1NC(N)=NCC1CCN(S(=O)(=O)C(F)(F)F)CC1.I. The highest BCUT2D eigenvalue weighted by Gasteiger charge is 2.50. The molecule has 12 heteroatoms. The first-order valence-electron chi connectivity index (χ1n) is 7.91. The third-order valence-electron chi connectivity index (χ3n) is 4.10. The standard InChI is InChI=1S/C15H21F3N4O3S.HI/c1-25-13-5-3-2-4-12(13)21-14(19)20-10-11-6-8-22(9-7-11)26(23,24)15(16,17)18;/h2-5,11H,6-10H2,1H3,(H3,19,20,21);1H. The van der Waals surface area contributed by atoms with E-state index in [0.717, 1.165) is 0 Å². The molecular weight excluding hydrogens is 500 g/mol. The molecule has 7 nitrogen and oxygen atoms in total. The molecule has 154 valence electrons. The predicted octanol–water partition coefficient (Wildman–Crippen LogP) is 2.60. The van der Waals surface area contributed by atoms with Gasteiger partial charge in [0.05, 0.1) is 12.8 Å². The molecule has 2 rings (SSSR count). The van der Waals surface area contributed by atoms with Gasteiger partial charge in [-0.05, 0) is 30.9 Å². The lowest BCUT2D eigenvalue weighted by molar-refractivity contribution is -0.0496. The number of halogens is 4. The number of rotatable bonds is 5. The number of guanidine groups is 1. The number of sulfonamides is 1. The first-order chi connectivity index (χ1) is 12.1. The van der Waals surface area contributed by atoms with Gasteiger partial charge in [-0.2, -0.15) is 17.5 Å². The third-order valence-corrected chi connectivity index (χ3v) is 5.73. The summed E-state index contributed by atoms with van der Waals surface area (Å²) in [4.78, 5) is 4.19. The number of aliphatic imine (C=N–C) groups is 1. The lowest BCUT2D eigenvalue weighted by Gasteiger charge is -2.30. The molecule has 0 unspecified atom stereocenters. The number of benzene rings is 1. The topological polar surface area (TPSA) is 97.0 Å². The molecule has 1 aromatic rings. The summed E-state index contributed by atoms with van der Waals surface area (Å²) in [6, 6.07) is 7.13. The average Bonchev–Trinajstić information content (AvgIpc) is 2.60. The van der Waals surface area contributed by atoms with Crippen molar-refractivity contribution in [2.24, 2.45) is 16.6 Å². The van der Waals surface area contributed by atoms with Crippen LogP contribution in [0.15, 0.2) is 29.3 Å². The van der Waals surface area contributed by atoms with Gasteiger partial charge in [0.15, 0.2) is 5.96 Å². The summed E-state index contributed by atoms with van der Waals surface area (Å²) in [6.07, 6.45) is 0.585. The monoisotopic (exact) mass is 522 g/mol. The van der Waals surface area contributed by atoms with Crippen molar-refractivity contribution in [2.75, 3.05) is 32.1 Å². The molecule has 0 saturated carbocycles. The highest BCUT2D eigenvalue weighted by atomic mass is 127. The number of alkyl halides is 3. The van der Waals surface area contributed by atoms with Crippen LogP contribution in [-0.2, 0) is 10.0 Å². The number of nitrogens with one attached hydrogen (secondary N) is 1. The molecule has 0 amide bonds. The van der Waals surface area contributed by atoms with Crippen molar-refractivity contribution in [3.8, 4) is 5.75 Å². The maximum absolute atomic E-state index is 12.6. The van der Waals surface area contributed by atoms with Crippen LogP contribution in [0.4, 0.5) is 18.9 Å². The Morgan fingerprint density at radius 1 is 1.33 bits per heavy atom. The van der Waals surface area contributed by atoms with E-state index in [9.17, 15) is 21.6 Å². The second-order valence-corrected chi connectivity index (χ2v) is 7.77. The quantitative estimate of drug-likeness (QED) is 0.352. The number of ether oxygens (including phenoxy) is 1. The van der Waals surface area contributed by atoms with Crippen molar-refractivity contribution in [3.05, 3.63) is 24.3 Å². The number of anilines is 1. The summed E-state index contributed by atoms with van der Waals surface area (Å²) in [5.74, 6) is 0.712. The highest BCUT2D eigenvalue weighted by molar-refractivity contribution is 14.0. The molecule has 3 N–H and O–H groups in total. The molecule has 1 saturated heterocycles. The zero-order valence-electron chi connectivity index (χ0n) is 14.6. The Labute approximate surface area is 173 Å². The van der Waals surface area contributed by atoms with Crippen LogP contribution in [0.25, 0.3) is 0 Å². The molecule has 1 heterocycles. The molecule has 1 aromatic carbocycles. The first kappa shape index (κ1) is 23.8. The zero-order valence-corrected chi connectivity index (χ0v) is 17.7. The minimum absolute atomic E-state index is 0. The number of nitrogens with zero attached hydrogens (tertiary/aromatic N) is 2. The lowest BCUT2D eigenvalue weighted by Crippen LogP contribution is -2.45. The van der Waals surface area contributed by atoms with Crippen molar-refractivity contribution >= 4 is 45.6 Å². The van der Waals surface area contributed by atoms with Crippen LogP contribution in [0.5, 0.6) is 5.75 Å². The van der Waals surface area contributed by atoms with E-state index >= 15 is 0 Å². The molecule has 1 aliphatic heterocycles. The van der Waals surface area contributed by atoms with E-state index in [4.69, 9.17) is 10.5 Å². The van der Waals surface area contributed by atoms with E-state index in [1.807, 2.05) is 0 Å². The third kappa shape index (κ3) is 6.10. The molecule has 1 fully saturated rings. The molecule has 0 aliphatic carbocycles. The Morgan fingerprint density at radius 2 is 1.93 bits per heavy atom. The van der Waals surface area contributed by atoms with Gasteiger partial charge in [-0.3, -0.25) is 4.99 Å². The van der Waals surface area contributed by atoms with Crippen molar-refractivity contribution in [3.63, 3.8) is 0 Å². The predicted molar refractivity (Wildman–Crippen MR) is 108 cm³/mol. The van der Waals surface area contributed by atoms with E-state index in [-0.39, 0.29) is 48.9 Å². The number of hydrogen-bond acceptors (Lipinski definition) is 4. The van der Waals surface area contributed by atoms with Crippen molar-refractivity contribution in [1.82, 2.24) is 4.31 Å². The average molecular weight is 522 g/mol. The van der Waals surface area contributed by atoms with Crippen molar-refractivity contribution in [2.45, 2.75) is 18.3 Å². The molecule has 0 aromatic heterocycles.